The third-order valence-corrected chi connectivity index (χ3v) is 12.0. The first kappa shape index (κ1) is 32.6. The zero-order valence-corrected chi connectivity index (χ0v) is 31.5. The van der Waals surface area contributed by atoms with Crippen molar-refractivity contribution in [3.8, 4) is 45.0 Å². The van der Waals surface area contributed by atoms with Crippen molar-refractivity contribution in [2.45, 2.75) is 0 Å². The molecule has 0 aliphatic carbocycles. The maximum atomic E-state index is 5.50. The summed E-state index contributed by atoms with van der Waals surface area (Å²) in [5.41, 5.74) is 7.31. The van der Waals surface area contributed by atoms with Crippen molar-refractivity contribution in [3.63, 3.8) is 0 Å². The molecule has 0 saturated carbocycles. The number of benzene rings is 11. The van der Waals surface area contributed by atoms with Crippen LogP contribution in [0.3, 0.4) is 0 Å². The molecule has 0 spiro atoms. The van der Waals surface area contributed by atoms with E-state index in [-0.39, 0.29) is 0 Å². The molecule has 58 heavy (non-hydrogen) atoms. The normalized spacial score (nSPS) is 11.8. The van der Waals surface area contributed by atoms with E-state index in [1.54, 1.807) is 0 Å². The summed E-state index contributed by atoms with van der Waals surface area (Å²) < 4.78 is 0. The Morgan fingerprint density at radius 1 is 0.259 bits per heavy atom. The number of nitrogens with zero attached hydrogens (tertiary/aromatic N) is 2. The minimum absolute atomic E-state index is 0.696. The maximum Gasteiger partial charge on any atom is 0.160 e. The number of hydrogen-bond donors (Lipinski definition) is 0. The van der Waals surface area contributed by atoms with E-state index in [4.69, 9.17) is 9.97 Å². The molecule has 12 rings (SSSR count). The van der Waals surface area contributed by atoms with Crippen molar-refractivity contribution >= 4 is 75.4 Å². The zero-order valence-electron chi connectivity index (χ0n) is 31.5. The Morgan fingerprint density at radius 3 is 1.52 bits per heavy atom. The first-order valence-corrected chi connectivity index (χ1v) is 19.9. The minimum Gasteiger partial charge on any atom is -0.228 e. The lowest BCUT2D eigenvalue weighted by Gasteiger charge is -2.18. The van der Waals surface area contributed by atoms with E-state index < -0.39 is 0 Å². The van der Waals surface area contributed by atoms with Gasteiger partial charge in [-0.3, -0.25) is 0 Å². The van der Waals surface area contributed by atoms with Crippen LogP contribution in [-0.2, 0) is 0 Å². The van der Waals surface area contributed by atoms with Gasteiger partial charge in [0.15, 0.2) is 5.82 Å². The molecule has 2 heteroatoms. The largest absolute Gasteiger partial charge is 0.228 e. The Labute approximate surface area is 335 Å². The van der Waals surface area contributed by atoms with Crippen LogP contribution in [0.2, 0.25) is 0 Å². The molecule has 268 valence electrons. The highest BCUT2D eigenvalue weighted by molar-refractivity contribution is 6.33. The van der Waals surface area contributed by atoms with E-state index in [9.17, 15) is 0 Å². The molecule has 1 heterocycles. The standard InChI is InChI=1S/C56H34N2/c1-2-14-35(15-3-1)36-26-28-38(29-27-36)56-57-52(34-53(58-56)55-41-19-7-5-17-39(41)32-49-40-18-6-4-16-37(40)30-31-48(49)55)50-33-51-44-22-9-8-20-42(44)43-21-10-12-24-46(43)54(51)47-25-13-11-23-45(47)50/h1-34H. The fraction of sp³-hybridized carbons (Fsp3) is 0. The molecule has 11 aromatic carbocycles. The smallest absolute Gasteiger partial charge is 0.160 e. The van der Waals surface area contributed by atoms with E-state index in [2.05, 4.69) is 206 Å². The Balaban J connectivity index is 1.20. The van der Waals surface area contributed by atoms with E-state index in [1.165, 1.54) is 81.0 Å². The van der Waals surface area contributed by atoms with E-state index in [0.717, 1.165) is 33.6 Å². The number of aromatic nitrogens is 2. The Kier molecular flexibility index (Phi) is 7.26. The summed E-state index contributed by atoms with van der Waals surface area (Å²) in [6.45, 7) is 0. The van der Waals surface area contributed by atoms with Crippen LogP contribution in [0.25, 0.3) is 120 Å². The van der Waals surface area contributed by atoms with Crippen LogP contribution in [0.5, 0.6) is 0 Å². The van der Waals surface area contributed by atoms with Crippen molar-refractivity contribution in [2.24, 2.45) is 0 Å². The van der Waals surface area contributed by atoms with Crippen molar-refractivity contribution in [1.29, 1.82) is 0 Å². The molecule has 1 aromatic heterocycles. The second-order valence-corrected chi connectivity index (χ2v) is 15.2. The van der Waals surface area contributed by atoms with Gasteiger partial charge in [-0.1, -0.05) is 188 Å². The van der Waals surface area contributed by atoms with Gasteiger partial charge >= 0.3 is 0 Å². The average molecular weight is 735 g/mol. The highest BCUT2D eigenvalue weighted by Gasteiger charge is 2.20. The summed E-state index contributed by atoms with van der Waals surface area (Å²) in [4.78, 5) is 11.0. The summed E-state index contributed by atoms with van der Waals surface area (Å²) in [6, 6.07) is 74.6. The first-order chi connectivity index (χ1) is 28.8. The number of hydrogen-bond acceptors (Lipinski definition) is 2. The fourth-order valence-corrected chi connectivity index (χ4v) is 9.36. The summed E-state index contributed by atoms with van der Waals surface area (Å²) in [7, 11) is 0. The molecule has 0 aliphatic heterocycles. The van der Waals surface area contributed by atoms with Gasteiger partial charge in [0.1, 0.15) is 0 Å². The van der Waals surface area contributed by atoms with E-state index in [0.29, 0.717) is 5.82 Å². The van der Waals surface area contributed by atoms with Crippen molar-refractivity contribution in [3.05, 3.63) is 206 Å². The molecule has 0 radical (unpaired) electrons. The van der Waals surface area contributed by atoms with Crippen LogP contribution in [0.4, 0.5) is 0 Å². The second-order valence-electron chi connectivity index (χ2n) is 15.2. The van der Waals surface area contributed by atoms with Crippen LogP contribution in [0, 0.1) is 0 Å². The van der Waals surface area contributed by atoms with Gasteiger partial charge in [0.2, 0.25) is 0 Å². The maximum absolute atomic E-state index is 5.50. The molecule has 0 saturated heterocycles. The Bertz CT molecular complexity index is 3610. The van der Waals surface area contributed by atoms with Crippen molar-refractivity contribution < 1.29 is 0 Å². The summed E-state index contributed by atoms with van der Waals surface area (Å²) >= 11 is 0. The van der Waals surface area contributed by atoms with Crippen LogP contribution in [0.1, 0.15) is 0 Å². The molecular weight excluding hydrogens is 701 g/mol. The Morgan fingerprint density at radius 2 is 0.776 bits per heavy atom. The van der Waals surface area contributed by atoms with Crippen LogP contribution < -0.4 is 0 Å². The predicted octanol–water partition coefficient (Wildman–Crippen LogP) is 15.2. The molecular formula is C56H34N2. The molecule has 2 nitrogen and oxygen atoms in total. The summed E-state index contributed by atoms with van der Waals surface area (Å²) in [5, 5.41) is 17.1. The molecule has 0 fully saturated rings. The van der Waals surface area contributed by atoms with Gasteiger partial charge in [-0.2, -0.15) is 0 Å². The molecule has 0 atom stereocenters. The van der Waals surface area contributed by atoms with Gasteiger partial charge in [0, 0.05) is 16.7 Å². The lowest BCUT2D eigenvalue weighted by Crippen LogP contribution is -1.98. The molecule has 0 unspecified atom stereocenters. The fourth-order valence-electron chi connectivity index (χ4n) is 9.36. The van der Waals surface area contributed by atoms with Gasteiger partial charge in [-0.25, -0.2) is 9.97 Å². The predicted molar refractivity (Wildman–Crippen MR) is 246 cm³/mol. The minimum atomic E-state index is 0.696. The van der Waals surface area contributed by atoms with Gasteiger partial charge in [-0.15, -0.1) is 0 Å². The second kappa shape index (κ2) is 12.9. The van der Waals surface area contributed by atoms with Crippen molar-refractivity contribution in [2.75, 3.05) is 0 Å². The van der Waals surface area contributed by atoms with Crippen LogP contribution in [0.15, 0.2) is 206 Å². The monoisotopic (exact) mass is 734 g/mol. The Hall–Kier alpha value is -7.68. The van der Waals surface area contributed by atoms with E-state index >= 15 is 0 Å². The summed E-state index contributed by atoms with van der Waals surface area (Å²) in [6.07, 6.45) is 0. The molecule has 0 N–H and O–H groups in total. The van der Waals surface area contributed by atoms with Gasteiger partial charge in [0.05, 0.1) is 11.4 Å². The SMILES string of the molecule is c1ccc(-c2ccc(-c3nc(-c4c5ccccc5cc5c4ccc4ccccc45)cc(-c4cc5c6ccccc6c6ccccc6c5c5ccccc45)n3)cc2)cc1. The quantitative estimate of drug-likeness (QED) is 0.133. The third kappa shape index (κ3) is 5.05. The highest BCUT2D eigenvalue weighted by Crippen LogP contribution is 2.45. The zero-order chi connectivity index (χ0) is 38.2. The average Bonchev–Trinajstić information content (AvgIpc) is 3.30. The van der Waals surface area contributed by atoms with Crippen molar-refractivity contribution in [1.82, 2.24) is 9.97 Å². The lowest BCUT2D eigenvalue weighted by atomic mass is 9.88. The van der Waals surface area contributed by atoms with Crippen LogP contribution >= 0.6 is 0 Å². The highest BCUT2D eigenvalue weighted by atomic mass is 14.9. The van der Waals surface area contributed by atoms with Gasteiger partial charge in [-0.05, 0) is 105 Å². The molecule has 12 aromatic rings. The first-order valence-electron chi connectivity index (χ1n) is 19.9. The molecule has 0 aliphatic rings. The van der Waals surface area contributed by atoms with Gasteiger partial charge in [0.25, 0.3) is 0 Å². The summed E-state index contributed by atoms with van der Waals surface area (Å²) in [5.74, 6) is 0.696. The number of fused-ring (bicyclic) bond motifs is 12. The lowest BCUT2D eigenvalue weighted by molar-refractivity contribution is 1.19. The van der Waals surface area contributed by atoms with Gasteiger partial charge < -0.3 is 0 Å². The topological polar surface area (TPSA) is 25.8 Å². The van der Waals surface area contributed by atoms with Crippen LogP contribution in [-0.4, -0.2) is 9.97 Å². The molecule has 0 amide bonds. The molecule has 0 bridgehead atoms. The van der Waals surface area contributed by atoms with E-state index in [1.807, 2.05) is 0 Å². The number of rotatable bonds is 4. The third-order valence-electron chi connectivity index (χ3n) is 12.0.